The molecule has 19 heavy (non-hydrogen) atoms. The fraction of sp³-hybridized carbons (Fsp3) is 1.00. The second kappa shape index (κ2) is 9.70. The van der Waals surface area contributed by atoms with E-state index in [9.17, 15) is 5.11 Å². The fourth-order valence-corrected chi connectivity index (χ4v) is 2.79. The number of nitrogens with one attached hydrogen (secondary N) is 1. The Morgan fingerprint density at radius 3 is 2.89 bits per heavy atom. The van der Waals surface area contributed by atoms with Gasteiger partial charge in [0.15, 0.2) is 0 Å². The third-order valence-corrected chi connectivity index (χ3v) is 4.09. The van der Waals surface area contributed by atoms with Crippen molar-refractivity contribution in [1.82, 2.24) is 10.2 Å². The third-order valence-electron chi connectivity index (χ3n) is 4.09. The monoisotopic (exact) mass is 272 g/mol. The molecule has 0 aromatic rings. The van der Waals surface area contributed by atoms with E-state index < -0.39 is 0 Å². The van der Waals surface area contributed by atoms with Crippen LogP contribution in [0.1, 0.15) is 46.0 Å². The first kappa shape index (κ1) is 16.9. The molecule has 0 aromatic carbocycles. The number of unbranched alkanes of at least 4 members (excludes halogenated alkanes) is 1. The Labute approximate surface area is 118 Å². The zero-order valence-corrected chi connectivity index (χ0v) is 12.9. The SMILES string of the molecule is CCCCOCC(O)CN1CCCCC1C(C)NC. The van der Waals surface area contributed by atoms with Gasteiger partial charge in [0.05, 0.1) is 12.7 Å². The lowest BCUT2D eigenvalue weighted by Gasteiger charge is -2.40. The van der Waals surface area contributed by atoms with Crippen molar-refractivity contribution < 1.29 is 9.84 Å². The van der Waals surface area contributed by atoms with E-state index in [0.29, 0.717) is 18.7 Å². The van der Waals surface area contributed by atoms with Gasteiger partial charge in [0.1, 0.15) is 0 Å². The predicted octanol–water partition coefficient (Wildman–Crippen LogP) is 1.63. The Hall–Kier alpha value is -0.160. The molecule has 3 unspecified atom stereocenters. The second-order valence-corrected chi connectivity index (χ2v) is 5.72. The summed E-state index contributed by atoms with van der Waals surface area (Å²) in [5.74, 6) is 0. The summed E-state index contributed by atoms with van der Waals surface area (Å²) in [6.07, 6.45) is 5.64. The topological polar surface area (TPSA) is 44.7 Å². The summed E-state index contributed by atoms with van der Waals surface area (Å²) < 4.78 is 5.51. The van der Waals surface area contributed by atoms with E-state index in [4.69, 9.17) is 4.74 Å². The normalized spacial score (nSPS) is 24.3. The molecule has 3 atom stereocenters. The molecule has 0 aromatic heterocycles. The molecule has 0 spiro atoms. The lowest BCUT2D eigenvalue weighted by Crippen LogP contribution is -2.52. The van der Waals surface area contributed by atoms with E-state index in [2.05, 4.69) is 24.1 Å². The van der Waals surface area contributed by atoms with Gasteiger partial charge in [0, 0.05) is 25.2 Å². The van der Waals surface area contributed by atoms with Crippen LogP contribution in [0.25, 0.3) is 0 Å². The number of likely N-dealkylation sites (N-methyl/N-ethyl adjacent to an activating group) is 1. The van der Waals surface area contributed by atoms with Gasteiger partial charge >= 0.3 is 0 Å². The largest absolute Gasteiger partial charge is 0.389 e. The van der Waals surface area contributed by atoms with Gasteiger partial charge in [-0.25, -0.2) is 0 Å². The number of ether oxygens (including phenoxy) is 1. The highest BCUT2D eigenvalue weighted by molar-refractivity contribution is 4.85. The molecule has 0 saturated carbocycles. The number of aliphatic hydroxyl groups excluding tert-OH is 1. The number of rotatable bonds is 9. The molecule has 1 saturated heterocycles. The molecule has 0 radical (unpaired) electrons. The van der Waals surface area contributed by atoms with Crippen molar-refractivity contribution in [3.05, 3.63) is 0 Å². The van der Waals surface area contributed by atoms with Crippen molar-refractivity contribution in [3.63, 3.8) is 0 Å². The molecule has 1 aliphatic rings. The van der Waals surface area contributed by atoms with Crippen LogP contribution in [0.3, 0.4) is 0 Å². The molecule has 0 aliphatic carbocycles. The zero-order chi connectivity index (χ0) is 14.1. The molecule has 1 aliphatic heterocycles. The smallest absolute Gasteiger partial charge is 0.0900 e. The Morgan fingerprint density at radius 2 is 2.21 bits per heavy atom. The summed E-state index contributed by atoms with van der Waals surface area (Å²) in [7, 11) is 2.02. The molecule has 4 nitrogen and oxygen atoms in total. The second-order valence-electron chi connectivity index (χ2n) is 5.72. The number of likely N-dealkylation sites (tertiary alicyclic amines) is 1. The standard InChI is InChI=1S/C15H32N2O2/c1-4-5-10-19-12-14(18)11-17-9-7-6-8-15(17)13(2)16-3/h13-16,18H,4-12H2,1-3H3. The van der Waals surface area contributed by atoms with Crippen LogP contribution in [0.4, 0.5) is 0 Å². The van der Waals surface area contributed by atoms with E-state index in [1.165, 1.54) is 19.3 Å². The van der Waals surface area contributed by atoms with Crippen LogP contribution in [0.15, 0.2) is 0 Å². The van der Waals surface area contributed by atoms with Crippen LogP contribution in [0.5, 0.6) is 0 Å². The van der Waals surface area contributed by atoms with Gasteiger partial charge in [-0.15, -0.1) is 0 Å². The lowest BCUT2D eigenvalue weighted by molar-refractivity contribution is -0.00241. The Morgan fingerprint density at radius 1 is 1.42 bits per heavy atom. The van der Waals surface area contributed by atoms with Gasteiger partial charge in [-0.2, -0.15) is 0 Å². The highest BCUT2D eigenvalue weighted by atomic mass is 16.5. The first-order valence-corrected chi connectivity index (χ1v) is 7.86. The molecule has 1 rings (SSSR count). The van der Waals surface area contributed by atoms with Gasteiger partial charge in [-0.05, 0) is 39.8 Å². The minimum absolute atomic E-state index is 0.360. The number of β-amino-alcohol motifs (C(OH)–C–C–N with tert-alkyl or cyclic N) is 1. The van der Waals surface area contributed by atoms with E-state index in [0.717, 1.165) is 32.5 Å². The van der Waals surface area contributed by atoms with Crippen LogP contribution < -0.4 is 5.32 Å². The van der Waals surface area contributed by atoms with E-state index in [1.807, 2.05) is 7.05 Å². The van der Waals surface area contributed by atoms with Crippen LogP contribution in [0.2, 0.25) is 0 Å². The number of hydrogen-bond donors (Lipinski definition) is 2. The fourth-order valence-electron chi connectivity index (χ4n) is 2.79. The van der Waals surface area contributed by atoms with Gasteiger partial charge < -0.3 is 15.2 Å². The first-order valence-electron chi connectivity index (χ1n) is 7.86. The van der Waals surface area contributed by atoms with Crippen LogP contribution >= 0.6 is 0 Å². The van der Waals surface area contributed by atoms with Crippen molar-refractivity contribution in [2.24, 2.45) is 0 Å². The summed E-state index contributed by atoms with van der Waals surface area (Å²) in [5, 5.41) is 13.4. The summed E-state index contributed by atoms with van der Waals surface area (Å²) in [4.78, 5) is 2.43. The zero-order valence-electron chi connectivity index (χ0n) is 12.9. The molecule has 0 amide bonds. The van der Waals surface area contributed by atoms with Gasteiger partial charge in [0.2, 0.25) is 0 Å². The molecule has 1 heterocycles. The molecular formula is C15H32N2O2. The highest BCUT2D eigenvalue weighted by Gasteiger charge is 2.27. The average molecular weight is 272 g/mol. The van der Waals surface area contributed by atoms with Crippen LogP contribution in [-0.4, -0.2) is 61.5 Å². The minimum atomic E-state index is -0.360. The lowest BCUT2D eigenvalue weighted by atomic mass is 9.96. The molecule has 114 valence electrons. The Balaban J connectivity index is 2.30. The van der Waals surface area contributed by atoms with Crippen LogP contribution in [-0.2, 0) is 4.74 Å². The Bertz CT molecular complexity index is 226. The van der Waals surface area contributed by atoms with Crippen molar-refractivity contribution in [2.45, 2.75) is 64.1 Å². The van der Waals surface area contributed by atoms with E-state index in [-0.39, 0.29) is 6.10 Å². The van der Waals surface area contributed by atoms with Crippen molar-refractivity contribution in [3.8, 4) is 0 Å². The quantitative estimate of drug-likeness (QED) is 0.626. The maximum absolute atomic E-state index is 10.1. The molecule has 0 bridgehead atoms. The van der Waals surface area contributed by atoms with Crippen molar-refractivity contribution in [1.29, 1.82) is 0 Å². The summed E-state index contributed by atoms with van der Waals surface area (Å²) in [6.45, 7) is 7.46. The molecule has 1 fully saturated rings. The van der Waals surface area contributed by atoms with Crippen molar-refractivity contribution >= 4 is 0 Å². The maximum atomic E-state index is 10.1. The summed E-state index contributed by atoms with van der Waals surface area (Å²) in [6, 6.07) is 1.03. The number of nitrogens with zero attached hydrogens (tertiary/aromatic N) is 1. The number of aliphatic hydroxyl groups is 1. The van der Waals surface area contributed by atoms with Gasteiger partial charge in [-0.1, -0.05) is 19.8 Å². The average Bonchev–Trinajstić information content (AvgIpc) is 2.43. The molecular weight excluding hydrogens is 240 g/mol. The molecule has 4 heteroatoms. The third kappa shape index (κ3) is 6.21. The summed E-state index contributed by atoms with van der Waals surface area (Å²) >= 11 is 0. The summed E-state index contributed by atoms with van der Waals surface area (Å²) in [5.41, 5.74) is 0. The van der Waals surface area contributed by atoms with E-state index >= 15 is 0 Å². The van der Waals surface area contributed by atoms with Crippen LogP contribution in [0, 0.1) is 0 Å². The van der Waals surface area contributed by atoms with Gasteiger partial charge in [-0.3, -0.25) is 4.90 Å². The number of piperidine rings is 1. The Kier molecular flexibility index (Phi) is 8.62. The number of hydrogen-bond acceptors (Lipinski definition) is 4. The molecule has 2 N–H and O–H groups in total. The van der Waals surface area contributed by atoms with Gasteiger partial charge in [0.25, 0.3) is 0 Å². The van der Waals surface area contributed by atoms with E-state index in [1.54, 1.807) is 0 Å². The first-order chi connectivity index (χ1) is 9.19. The highest BCUT2D eigenvalue weighted by Crippen LogP contribution is 2.19. The van der Waals surface area contributed by atoms with Crippen molar-refractivity contribution in [2.75, 3.05) is 33.4 Å². The minimum Gasteiger partial charge on any atom is -0.389 e. The maximum Gasteiger partial charge on any atom is 0.0900 e. The predicted molar refractivity (Wildman–Crippen MR) is 79.5 cm³/mol.